The number of hydrogen-bond donors (Lipinski definition) is 0. The van der Waals surface area contributed by atoms with Crippen LogP contribution in [0.25, 0.3) is 0 Å². The standard InChI is InChI=1S/C24H38N4O2/c1-18-17-22(19(2)28(18)21-7-5-4-6-8-21)24(30)26-11-9-20(10-12-26)23(29)27-15-13-25(3)14-16-27/h17,20-21H,4-16H2,1-3H3. The number of likely N-dealkylation sites (tertiary alicyclic amines) is 1. The van der Waals surface area contributed by atoms with Crippen molar-refractivity contribution in [3.8, 4) is 0 Å². The molecule has 4 rings (SSSR count). The lowest BCUT2D eigenvalue weighted by Crippen LogP contribution is -2.51. The summed E-state index contributed by atoms with van der Waals surface area (Å²) >= 11 is 0. The second-order valence-electron chi connectivity index (χ2n) is 9.64. The Morgan fingerprint density at radius 1 is 0.833 bits per heavy atom. The molecule has 0 spiro atoms. The van der Waals surface area contributed by atoms with Crippen molar-refractivity contribution in [2.45, 2.75) is 64.8 Å². The molecule has 166 valence electrons. The maximum Gasteiger partial charge on any atom is 0.255 e. The van der Waals surface area contributed by atoms with Crippen LogP contribution in [0.4, 0.5) is 0 Å². The van der Waals surface area contributed by atoms with E-state index >= 15 is 0 Å². The van der Waals surface area contributed by atoms with Crippen molar-refractivity contribution < 1.29 is 9.59 Å². The fourth-order valence-corrected chi connectivity index (χ4v) is 5.68. The minimum Gasteiger partial charge on any atom is -0.345 e. The molecule has 1 saturated carbocycles. The largest absolute Gasteiger partial charge is 0.345 e. The first-order valence-electron chi connectivity index (χ1n) is 11.9. The topological polar surface area (TPSA) is 48.8 Å². The Labute approximate surface area is 181 Å². The normalized spacial score (nSPS) is 22.5. The summed E-state index contributed by atoms with van der Waals surface area (Å²) in [5.41, 5.74) is 3.20. The SMILES string of the molecule is Cc1cc(C(=O)N2CCC(C(=O)N3CCN(C)CC3)CC2)c(C)n1C1CCCCC1. The van der Waals surface area contributed by atoms with E-state index in [4.69, 9.17) is 0 Å². The molecule has 6 heteroatoms. The summed E-state index contributed by atoms with van der Waals surface area (Å²) in [4.78, 5) is 32.5. The number of likely N-dealkylation sites (N-methyl/N-ethyl adjacent to an activating group) is 1. The number of rotatable bonds is 3. The molecule has 3 heterocycles. The highest BCUT2D eigenvalue weighted by Gasteiger charge is 2.32. The molecule has 1 aromatic rings. The average molecular weight is 415 g/mol. The summed E-state index contributed by atoms with van der Waals surface area (Å²) in [7, 11) is 2.11. The van der Waals surface area contributed by atoms with E-state index in [2.05, 4.69) is 36.4 Å². The summed E-state index contributed by atoms with van der Waals surface area (Å²) < 4.78 is 2.41. The molecular weight excluding hydrogens is 376 g/mol. The van der Waals surface area contributed by atoms with Gasteiger partial charge in [-0.1, -0.05) is 19.3 Å². The lowest BCUT2D eigenvalue weighted by Gasteiger charge is -2.37. The third kappa shape index (κ3) is 4.29. The highest BCUT2D eigenvalue weighted by Crippen LogP contribution is 2.33. The number of aromatic nitrogens is 1. The Kier molecular flexibility index (Phi) is 6.51. The summed E-state index contributed by atoms with van der Waals surface area (Å²) in [6, 6.07) is 2.64. The molecule has 1 aromatic heterocycles. The predicted molar refractivity (Wildman–Crippen MR) is 119 cm³/mol. The van der Waals surface area contributed by atoms with Gasteiger partial charge >= 0.3 is 0 Å². The van der Waals surface area contributed by atoms with E-state index in [1.54, 1.807) is 0 Å². The maximum absolute atomic E-state index is 13.3. The van der Waals surface area contributed by atoms with Crippen molar-refractivity contribution in [2.24, 2.45) is 5.92 Å². The fourth-order valence-electron chi connectivity index (χ4n) is 5.68. The van der Waals surface area contributed by atoms with Gasteiger partial charge in [0.2, 0.25) is 5.91 Å². The number of aryl methyl sites for hydroxylation is 1. The Bertz CT molecular complexity index is 764. The lowest BCUT2D eigenvalue weighted by atomic mass is 9.94. The number of piperidine rings is 1. The first kappa shape index (κ1) is 21.4. The van der Waals surface area contributed by atoms with Crippen LogP contribution in [0.1, 0.15) is 72.7 Å². The van der Waals surface area contributed by atoms with Crippen LogP contribution in [0.5, 0.6) is 0 Å². The van der Waals surface area contributed by atoms with Gasteiger partial charge < -0.3 is 19.3 Å². The Morgan fingerprint density at radius 2 is 1.47 bits per heavy atom. The highest BCUT2D eigenvalue weighted by atomic mass is 16.2. The number of nitrogens with zero attached hydrogens (tertiary/aromatic N) is 4. The molecule has 3 fully saturated rings. The van der Waals surface area contributed by atoms with Gasteiger partial charge in [-0.3, -0.25) is 9.59 Å². The van der Waals surface area contributed by atoms with Crippen LogP contribution in [0, 0.1) is 19.8 Å². The molecule has 2 saturated heterocycles. The van der Waals surface area contributed by atoms with E-state index < -0.39 is 0 Å². The number of piperazine rings is 1. The van der Waals surface area contributed by atoms with E-state index in [1.165, 1.54) is 37.8 Å². The van der Waals surface area contributed by atoms with Crippen LogP contribution in [0.3, 0.4) is 0 Å². The molecule has 6 nitrogen and oxygen atoms in total. The second kappa shape index (κ2) is 9.13. The van der Waals surface area contributed by atoms with Crippen LogP contribution < -0.4 is 0 Å². The number of amides is 2. The number of hydrogen-bond acceptors (Lipinski definition) is 3. The molecule has 30 heavy (non-hydrogen) atoms. The van der Waals surface area contributed by atoms with Crippen molar-refractivity contribution in [2.75, 3.05) is 46.3 Å². The first-order valence-corrected chi connectivity index (χ1v) is 11.9. The first-order chi connectivity index (χ1) is 14.5. The van der Waals surface area contributed by atoms with Gasteiger partial charge in [0, 0.05) is 62.6 Å². The van der Waals surface area contributed by atoms with Crippen LogP contribution in [-0.4, -0.2) is 77.4 Å². The number of carbonyl (C=O) groups is 2. The maximum atomic E-state index is 13.3. The van der Waals surface area contributed by atoms with Crippen molar-refractivity contribution in [3.05, 3.63) is 23.0 Å². The molecule has 0 radical (unpaired) electrons. The Balaban J connectivity index is 1.37. The Hall–Kier alpha value is -1.82. The van der Waals surface area contributed by atoms with Gasteiger partial charge in [0.25, 0.3) is 5.91 Å². The number of carbonyl (C=O) groups excluding carboxylic acids is 2. The molecule has 3 aliphatic rings. The minimum atomic E-state index is 0.0760. The van der Waals surface area contributed by atoms with E-state index in [0.717, 1.165) is 50.3 Å². The van der Waals surface area contributed by atoms with Gasteiger partial charge in [0.1, 0.15) is 0 Å². The monoisotopic (exact) mass is 414 g/mol. The predicted octanol–water partition coefficient (Wildman–Crippen LogP) is 3.24. The molecule has 1 aliphatic carbocycles. The van der Waals surface area contributed by atoms with Crippen molar-refractivity contribution in [3.63, 3.8) is 0 Å². The van der Waals surface area contributed by atoms with Gasteiger partial charge in [-0.25, -0.2) is 0 Å². The van der Waals surface area contributed by atoms with Crippen molar-refractivity contribution in [1.82, 2.24) is 19.3 Å². The molecular formula is C24H38N4O2. The zero-order valence-corrected chi connectivity index (χ0v) is 19.0. The van der Waals surface area contributed by atoms with Crippen molar-refractivity contribution in [1.29, 1.82) is 0 Å². The molecule has 0 bridgehead atoms. The zero-order valence-electron chi connectivity index (χ0n) is 19.0. The summed E-state index contributed by atoms with van der Waals surface area (Å²) in [5, 5.41) is 0. The minimum absolute atomic E-state index is 0.0760. The molecule has 2 amide bonds. The molecule has 0 aromatic carbocycles. The van der Waals surface area contributed by atoms with Crippen LogP contribution in [0.15, 0.2) is 6.07 Å². The summed E-state index contributed by atoms with van der Waals surface area (Å²) in [6.45, 7) is 9.21. The van der Waals surface area contributed by atoms with Gasteiger partial charge in [-0.05, 0) is 52.6 Å². The van der Waals surface area contributed by atoms with Gasteiger partial charge in [-0.2, -0.15) is 0 Å². The molecule has 0 unspecified atom stereocenters. The van der Waals surface area contributed by atoms with E-state index in [1.807, 2.05) is 9.80 Å². The highest BCUT2D eigenvalue weighted by molar-refractivity contribution is 5.96. The Morgan fingerprint density at radius 3 is 2.10 bits per heavy atom. The fraction of sp³-hybridized carbons (Fsp3) is 0.750. The third-order valence-corrected chi connectivity index (χ3v) is 7.60. The average Bonchev–Trinajstić information content (AvgIpc) is 3.08. The van der Waals surface area contributed by atoms with Crippen LogP contribution in [-0.2, 0) is 4.79 Å². The smallest absolute Gasteiger partial charge is 0.255 e. The van der Waals surface area contributed by atoms with E-state index in [-0.39, 0.29) is 11.8 Å². The second-order valence-corrected chi connectivity index (χ2v) is 9.64. The molecule has 0 N–H and O–H groups in total. The van der Waals surface area contributed by atoms with Crippen molar-refractivity contribution >= 4 is 11.8 Å². The van der Waals surface area contributed by atoms with Gasteiger partial charge in [-0.15, -0.1) is 0 Å². The van der Waals surface area contributed by atoms with Crippen LogP contribution >= 0.6 is 0 Å². The van der Waals surface area contributed by atoms with Crippen LogP contribution in [0.2, 0.25) is 0 Å². The lowest BCUT2D eigenvalue weighted by molar-refractivity contribution is -0.138. The van der Waals surface area contributed by atoms with Gasteiger partial charge in [0.05, 0.1) is 5.56 Å². The van der Waals surface area contributed by atoms with E-state index in [0.29, 0.717) is 25.0 Å². The van der Waals surface area contributed by atoms with E-state index in [9.17, 15) is 9.59 Å². The summed E-state index contributed by atoms with van der Waals surface area (Å²) in [6.07, 6.45) is 7.95. The molecule has 0 atom stereocenters. The third-order valence-electron chi connectivity index (χ3n) is 7.60. The quantitative estimate of drug-likeness (QED) is 0.763. The van der Waals surface area contributed by atoms with Gasteiger partial charge in [0.15, 0.2) is 0 Å². The molecule has 2 aliphatic heterocycles. The summed E-state index contributed by atoms with van der Waals surface area (Å²) in [5.74, 6) is 0.522. The zero-order chi connectivity index (χ0) is 21.3.